The first kappa shape index (κ1) is 14.3. The quantitative estimate of drug-likeness (QED) is 0.731. The average molecular weight is 252 g/mol. The van der Waals surface area contributed by atoms with Crippen molar-refractivity contribution in [3.05, 3.63) is 24.3 Å². The summed E-state index contributed by atoms with van der Waals surface area (Å²) in [5.41, 5.74) is 0.683. The van der Waals surface area contributed by atoms with Crippen molar-refractivity contribution < 1.29 is 14.3 Å². The summed E-state index contributed by atoms with van der Waals surface area (Å²) in [5, 5.41) is 5.79. The molecule has 1 rings (SSSR count). The minimum absolute atomic E-state index is 0.363. The molecule has 0 radical (unpaired) electrons. The number of benzene rings is 1. The van der Waals surface area contributed by atoms with E-state index in [2.05, 4.69) is 17.6 Å². The highest BCUT2D eigenvalue weighted by Crippen LogP contribution is 2.14. The van der Waals surface area contributed by atoms with Crippen LogP contribution < -0.4 is 15.4 Å². The van der Waals surface area contributed by atoms with Gasteiger partial charge in [-0.2, -0.15) is 0 Å². The molecule has 0 heterocycles. The fraction of sp³-hybridized carbons (Fsp3) is 0.462. The Balaban J connectivity index is 2.22. The zero-order valence-corrected chi connectivity index (χ0v) is 10.9. The van der Waals surface area contributed by atoms with Crippen molar-refractivity contribution in [3.8, 4) is 5.75 Å². The summed E-state index contributed by atoms with van der Waals surface area (Å²) in [7, 11) is 1.60. The minimum Gasteiger partial charge on any atom is -0.497 e. The number of nitrogens with one attached hydrogen (secondary N) is 2. The van der Waals surface area contributed by atoms with Crippen molar-refractivity contribution in [1.82, 2.24) is 5.32 Å². The molecule has 0 saturated heterocycles. The number of hydrogen-bond donors (Lipinski definition) is 2. The van der Waals surface area contributed by atoms with E-state index in [1.165, 1.54) is 0 Å². The summed E-state index contributed by atoms with van der Waals surface area (Å²) in [5.74, 6) is 0.748. The smallest absolute Gasteiger partial charge is 0.411 e. The maximum atomic E-state index is 11.4. The van der Waals surface area contributed by atoms with Crippen LogP contribution in [0.25, 0.3) is 0 Å². The molecule has 18 heavy (non-hydrogen) atoms. The van der Waals surface area contributed by atoms with Crippen molar-refractivity contribution in [2.24, 2.45) is 0 Å². The first-order chi connectivity index (χ1) is 8.76. The third-order valence-electron chi connectivity index (χ3n) is 2.28. The fourth-order valence-corrected chi connectivity index (χ4v) is 1.35. The molecule has 100 valence electrons. The van der Waals surface area contributed by atoms with E-state index in [4.69, 9.17) is 9.47 Å². The summed E-state index contributed by atoms with van der Waals surface area (Å²) in [6.07, 6.45) is 0.622. The normalized spacial score (nSPS) is 9.89. The van der Waals surface area contributed by atoms with Crippen LogP contribution in [0.5, 0.6) is 5.75 Å². The first-order valence-corrected chi connectivity index (χ1v) is 6.04. The summed E-state index contributed by atoms with van der Waals surface area (Å²) in [6, 6.07) is 7.07. The van der Waals surface area contributed by atoms with Crippen LogP contribution in [0.15, 0.2) is 24.3 Å². The van der Waals surface area contributed by atoms with Gasteiger partial charge in [-0.25, -0.2) is 4.79 Å². The van der Waals surface area contributed by atoms with E-state index < -0.39 is 6.09 Å². The summed E-state index contributed by atoms with van der Waals surface area (Å²) < 4.78 is 10.0. The van der Waals surface area contributed by atoms with Crippen LogP contribution >= 0.6 is 0 Å². The van der Waals surface area contributed by atoms with E-state index >= 15 is 0 Å². The molecule has 0 spiro atoms. The SMILES string of the molecule is CCCNCCOC(=O)Nc1ccc(OC)cc1. The zero-order chi connectivity index (χ0) is 13.2. The molecular formula is C13H20N2O3. The Morgan fingerprint density at radius 2 is 1.94 bits per heavy atom. The van der Waals surface area contributed by atoms with E-state index in [1.807, 2.05) is 0 Å². The van der Waals surface area contributed by atoms with Gasteiger partial charge in [-0.05, 0) is 37.2 Å². The van der Waals surface area contributed by atoms with E-state index in [9.17, 15) is 4.79 Å². The molecule has 0 aliphatic carbocycles. The maximum Gasteiger partial charge on any atom is 0.411 e. The highest BCUT2D eigenvalue weighted by Gasteiger charge is 2.02. The molecule has 0 fully saturated rings. The van der Waals surface area contributed by atoms with Gasteiger partial charge in [0.05, 0.1) is 7.11 Å². The average Bonchev–Trinajstić information content (AvgIpc) is 2.39. The summed E-state index contributed by atoms with van der Waals surface area (Å²) >= 11 is 0. The minimum atomic E-state index is -0.446. The molecular weight excluding hydrogens is 232 g/mol. The Morgan fingerprint density at radius 3 is 2.56 bits per heavy atom. The van der Waals surface area contributed by atoms with Gasteiger partial charge < -0.3 is 14.8 Å². The van der Waals surface area contributed by atoms with E-state index in [0.29, 0.717) is 18.8 Å². The van der Waals surface area contributed by atoms with Crippen LogP contribution in [-0.2, 0) is 4.74 Å². The Labute approximate surface area is 107 Å². The van der Waals surface area contributed by atoms with Crippen molar-refractivity contribution in [2.45, 2.75) is 13.3 Å². The third kappa shape index (κ3) is 5.54. The van der Waals surface area contributed by atoms with Gasteiger partial charge in [-0.15, -0.1) is 0 Å². The van der Waals surface area contributed by atoms with Crippen LogP contribution in [-0.4, -0.2) is 32.9 Å². The molecule has 5 nitrogen and oxygen atoms in total. The second-order valence-corrected chi connectivity index (χ2v) is 3.74. The second kappa shape index (κ2) is 8.36. The van der Waals surface area contributed by atoms with Gasteiger partial charge in [0.15, 0.2) is 0 Å². The lowest BCUT2D eigenvalue weighted by Gasteiger charge is -2.08. The van der Waals surface area contributed by atoms with E-state index in [-0.39, 0.29) is 0 Å². The third-order valence-corrected chi connectivity index (χ3v) is 2.28. The summed E-state index contributed by atoms with van der Waals surface area (Å²) in [4.78, 5) is 11.4. The molecule has 0 aromatic heterocycles. The number of anilines is 1. The monoisotopic (exact) mass is 252 g/mol. The number of amides is 1. The van der Waals surface area contributed by atoms with Crippen molar-refractivity contribution >= 4 is 11.8 Å². The van der Waals surface area contributed by atoms with Gasteiger partial charge >= 0.3 is 6.09 Å². The highest BCUT2D eigenvalue weighted by molar-refractivity contribution is 5.84. The molecule has 2 N–H and O–H groups in total. The van der Waals surface area contributed by atoms with Gasteiger partial charge in [-0.1, -0.05) is 6.92 Å². The molecule has 0 unspecified atom stereocenters. The first-order valence-electron chi connectivity index (χ1n) is 6.04. The topological polar surface area (TPSA) is 59.6 Å². The van der Waals surface area contributed by atoms with Crippen LogP contribution in [0.2, 0.25) is 0 Å². The lowest BCUT2D eigenvalue weighted by Crippen LogP contribution is -2.23. The van der Waals surface area contributed by atoms with Crippen molar-refractivity contribution in [2.75, 3.05) is 32.1 Å². The van der Waals surface area contributed by atoms with Gasteiger partial charge in [0.1, 0.15) is 12.4 Å². The predicted molar refractivity (Wildman–Crippen MR) is 71.1 cm³/mol. The Hall–Kier alpha value is -1.75. The number of hydrogen-bond acceptors (Lipinski definition) is 4. The zero-order valence-electron chi connectivity index (χ0n) is 10.9. The number of carbonyl (C=O) groups excluding carboxylic acids is 1. The predicted octanol–water partition coefficient (Wildman–Crippen LogP) is 2.24. The Morgan fingerprint density at radius 1 is 1.22 bits per heavy atom. The summed E-state index contributed by atoms with van der Waals surface area (Å²) in [6.45, 7) is 4.06. The number of rotatable bonds is 7. The lowest BCUT2D eigenvalue weighted by molar-refractivity contribution is 0.162. The van der Waals surface area contributed by atoms with Crippen molar-refractivity contribution in [3.63, 3.8) is 0 Å². The van der Waals surface area contributed by atoms with Crippen LogP contribution in [0, 0.1) is 0 Å². The van der Waals surface area contributed by atoms with Gasteiger partial charge in [0.2, 0.25) is 0 Å². The Bertz CT molecular complexity index is 352. The van der Waals surface area contributed by atoms with Crippen LogP contribution in [0.4, 0.5) is 10.5 Å². The molecule has 1 amide bonds. The standard InChI is InChI=1S/C13H20N2O3/c1-3-8-14-9-10-18-13(16)15-11-4-6-12(17-2)7-5-11/h4-7,14H,3,8-10H2,1-2H3,(H,15,16). The van der Waals surface area contributed by atoms with Gasteiger partial charge in [0.25, 0.3) is 0 Å². The van der Waals surface area contributed by atoms with Gasteiger partial charge in [-0.3, -0.25) is 5.32 Å². The number of methoxy groups -OCH3 is 1. The molecule has 1 aromatic carbocycles. The Kier molecular flexibility index (Phi) is 6.64. The fourth-order valence-electron chi connectivity index (χ4n) is 1.35. The van der Waals surface area contributed by atoms with Crippen LogP contribution in [0.1, 0.15) is 13.3 Å². The largest absolute Gasteiger partial charge is 0.497 e. The van der Waals surface area contributed by atoms with Crippen molar-refractivity contribution in [1.29, 1.82) is 0 Å². The van der Waals surface area contributed by atoms with E-state index in [0.717, 1.165) is 18.7 Å². The number of carbonyl (C=O) groups is 1. The van der Waals surface area contributed by atoms with Gasteiger partial charge in [0, 0.05) is 12.2 Å². The molecule has 0 aliphatic rings. The highest BCUT2D eigenvalue weighted by atomic mass is 16.5. The molecule has 1 aromatic rings. The molecule has 0 saturated carbocycles. The lowest BCUT2D eigenvalue weighted by atomic mass is 10.3. The van der Waals surface area contributed by atoms with Crippen LogP contribution in [0.3, 0.4) is 0 Å². The maximum absolute atomic E-state index is 11.4. The molecule has 5 heteroatoms. The molecule has 0 atom stereocenters. The van der Waals surface area contributed by atoms with E-state index in [1.54, 1.807) is 31.4 Å². The second-order valence-electron chi connectivity index (χ2n) is 3.74. The molecule has 0 aliphatic heterocycles. The number of ether oxygens (including phenoxy) is 2. The molecule has 0 bridgehead atoms.